The Morgan fingerprint density at radius 3 is 2.93 bits per heavy atom. The molecule has 1 atom stereocenters. The first-order valence-electron chi connectivity index (χ1n) is 5.29. The molecule has 2 nitrogen and oxygen atoms in total. The number of nitrogens with one attached hydrogen (secondary N) is 1. The smallest absolute Gasteiger partial charge is 0.0790 e. The summed E-state index contributed by atoms with van der Waals surface area (Å²) in [4.78, 5) is 5.64. The number of hydrogen-bond donors (Lipinski definition) is 1. The highest BCUT2D eigenvalue weighted by Crippen LogP contribution is 2.22. The van der Waals surface area contributed by atoms with Gasteiger partial charge in [0, 0.05) is 0 Å². The van der Waals surface area contributed by atoms with Crippen molar-refractivity contribution >= 4 is 11.3 Å². The number of rotatable bonds is 4. The van der Waals surface area contributed by atoms with Crippen LogP contribution in [0, 0.1) is 0 Å². The predicted octanol–water partition coefficient (Wildman–Crippen LogP) is 3.27. The fourth-order valence-corrected chi connectivity index (χ4v) is 2.55. The summed E-state index contributed by atoms with van der Waals surface area (Å²) in [6, 6.07) is 2.45. The Labute approximate surface area is 89.2 Å². The molecule has 1 aliphatic carbocycles. The second-order valence-corrected chi connectivity index (χ2v) is 4.70. The Morgan fingerprint density at radius 1 is 1.50 bits per heavy atom. The van der Waals surface area contributed by atoms with Crippen LogP contribution in [0.25, 0.3) is 0 Å². The third kappa shape index (κ3) is 2.56. The maximum Gasteiger partial charge on any atom is 0.0790 e. The van der Waals surface area contributed by atoms with Crippen LogP contribution >= 0.6 is 11.3 Å². The molecule has 0 radical (unpaired) electrons. The Hall–Kier alpha value is -0.380. The molecule has 1 N–H and O–H groups in total. The highest BCUT2D eigenvalue weighted by Gasteiger charge is 2.16. The van der Waals surface area contributed by atoms with Crippen LogP contribution in [0.5, 0.6) is 0 Å². The van der Waals surface area contributed by atoms with Crippen LogP contribution in [0.15, 0.2) is 16.8 Å². The van der Waals surface area contributed by atoms with E-state index in [0.717, 1.165) is 0 Å². The van der Waals surface area contributed by atoms with Crippen LogP contribution in [0.1, 0.15) is 44.2 Å². The van der Waals surface area contributed by atoms with Crippen molar-refractivity contribution < 1.29 is 4.84 Å². The van der Waals surface area contributed by atoms with Gasteiger partial charge in [-0.3, -0.25) is 4.84 Å². The van der Waals surface area contributed by atoms with Crippen molar-refractivity contribution in [2.24, 2.45) is 0 Å². The summed E-state index contributed by atoms with van der Waals surface area (Å²) in [5, 5.41) is 4.26. The van der Waals surface area contributed by atoms with E-state index < -0.39 is 0 Å². The minimum atomic E-state index is 0.307. The molecule has 0 saturated heterocycles. The van der Waals surface area contributed by atoms with E-state index in [-0.39, 0.29) is 0 Å². The first-order chi connectivity index (χ1) is 6.86. The zero-order valence-electron chi connectivity index (χ0n) is 8.53. The molecular formula is C11H17NOS. The second kappa shape index (κ2) is 4.91. The number of hydroxylamine groups is 1. The van der Waals surface area contributed by atoms with Gasteiger partial charge in [-0.25, -0.2) is 0 Å². The van der Waals surface area contributed by atoms with Crippen molar-refractivity contribution in [3.05, 3.63) is 22.4 Å². The van der Waals surface area contributed by atoms with Crippen LogP contribution in [-0.2, 0) is 4.84 Å². The quantitative estimate of drug-likeness (QED) is 0.772. The molecule has 1 aromatic heterocycles. The molecule has 0 bridgehead atoms. The zero-order valence-corrected chi connectivity index (χ0v) is 9.35. The third-order valence-corrected chi connectivity index (χ3v) is 3.46. The van der Waals surface area contributed by atoms with Gasteiger partial charge >= 0.3 is 0 Å². The topological polar surface area (TPSA) is 21.3 Å². The highest BCUT2D eigenvalue weighted by atomic mass is 32.1. The van der Waals surface area contributed by atoms with Crippen LogP contribution in [0.3, 0.4) is 0 Å². The van der Waals surface area contributed by atoms with Gasteiger partial charge in [0.1, 0.15) is 0 Å². The fraction of sp³-hybridized carbons (Fsp3) is 0.636. The molecule has 2 rings (SSSR count). The van der Waals surface area contributed by atoms with Crippen LogP contribution in [0.4, 0.5) is 0 Å². The first kappa shape index (κ1) is 10.1. The molecule has 1 heterocycles. The highest BCUT2D eigenvalue weighted by molar-refractivity contribution is 7.07. The lowest BCUT2D eigenvalue weighted by molar-refractivity contribution is -0.0376. The number of hydrogen-bond acceptors (Lipinski definition) is 3. The first-order valence-corrected chi connectivity index (χ1v) is 6.24. The van der Waals surface area contributed by atoms with Crippen molar-refractivity contribution in [2.45, 2.75) is 44.8 Å². The monoisotopic (exact) mass is 211 g/mol. The Balaban J connectivity index is 1.74. The van der Waals surface area contributed by atoms with Gasteiger partial charge in [0.05, 0.1) is 12.1 Å². The maximum absolute atomic E-state index is 5.64. The summed E-state index contributed by atoms with van der Waals surface area (Å²) in [5.41, 5.74) is 4.45. The van der Waals surface area contributed by atoms with E-state index in [1.54, 1.807) is 11.3 Å². The van der Waals surface area contributed by atoms with Crippen molar-refractivity contribution in [1.82, 2.24) is 5.48 Å². The van der Waals surface area contributed by atoms with Crippen molar-refractivity contribution in [1.29, 1.82) is 0 Å². The van der Waals surface area contributed by atoms with E-state index in [9.17, 15) is 0 Å². The zero-order chi connectivity index (χ0) is 9.80. The van der Waals surface area contributed by atoms with Crippen molar-refractivity contribution in [3.8, 4) is 0 Å². The molecule has 1 fully saturated rings. The normalized spacial score (nSPS) is 20.1. The van der Waals surface area contributed by atoms with E-state index >= 15 is 0 Å². The molecule has 78 valence electrons. The largest absolute Gasteiger partial charge is 0.298 e. The van der Waals surface area contributed by atoms with Crippen LogP contribution in [0.2, 0.25) is 0 Å². The molecule has 3 heteroatoms. The lowest BCUT2D eigenvalue weighted by Crippen LogP contribution is -2.24. The molecule has 1 aliphatic rings. The minimum absolute atomic E-state index is 0.307. The summed E-state index contributed by atoms with van der Waals surface area (Å²) in [7, 11) is 0. The second-order valence-electron chi connectivity index (χ2n) is 3.92. The Kier molecular flexibility index (Phi) is 3.56. The molecule has 0 aromatic carbocycles. The predicted molar refractivity (Wildman–Crippen MR) is 59.2 cm³/mol. The SMILES string of the molecule is CC(NOC1CCCC1)c1ccsc1. The Bertz CT molecular complexity index is 254. The van der Waals surface area contributed by atoms with Crippen LogP contribution < -0.4 is 5.48 Å². The molecule has 0 aliphatic heterocycles. The molecule has 1 unspecified atom stereocenters. The van der Waals surface area contributed by atoms with Crippen LogP contribution in [-0.4, -0.2) is 6.10 Å². The summed E-state index contributed by atoms with van der Waals surface area (Å²) in [6.07, 6.45) is 5.50. The lowest BCUT2D eigenvalue weighted by Gasteiger charge is -2.16. The summed E-state index contributed by atoms with van der Waals surface area (Å²) < 4.78 is 0. The van der Waals surface area contributed by atoms with Crippen molar-refractivity contribution in [3.63, 3.8) is 0 Å². The van der Waals surface area contributed by atoms with Crippen molar-refractivity contribution in [2.75, 3.05) is 0 Å². The van der Waals surface area contributed by atoms with Gasteiger partial charge in [-0.05, 0) is 42.2 Å². The molecule has 1 saturated carbocycles. The third-order valence-electron chi connectivity index (χ3n) is 2.76. The standard InChI is InChI=1S/C11H17NOS/c1-9(10-6-7-14-8-10)12-13-11-4-2-3-5-11/h6-9,11-12H,2-5H2,1H3. The molecule has 1 aromatic rings. The Morgan fingerprint density at radius 2 is 2.29 bits per heavy atom. The van der Waals surface area contributed by atoms with Gasteiger partial charge in [-0.1, -0.05) is 12.8 Å². The average molecular weight is 211 g/mol. The van der Waals surface area contributed by atoms with E-state index in [2.05, 4.69) is 29.2 Å². The molecule has 0 spiro atoms. The molecular weight excluding hydrogens is 194 g/mol. The molecule has 14 heavy (non-hydrogen) atoms. The molecule has 0 amide bonds. The minimum Gasteiger partial charge on any atom is -0.298 e. The summed E-state index contributed by atoms with van der Waals surface area (Å²) in [5.74, 6) is 0. The van der Waals surface area contributed by atoms with Gasteiger partial charge < -0.3 is 0 Å². The lowest BCUT2D eigenvalue weighted by atomic mass is 10.2. The summed E-state index contributed by atoms with van der Waals surface area (Å²) >= 11 is 1.73. The van der Waals surface area contributed by atoms with Gasteiger partial charge in [0.25, 0.3) is 0 Å². The van der Waals surface area contributed by atoms with Gasteiger partial charge in [-0.2, -0.15) is 16.8 Å². The summed E-state index contributed by atoms with van der Waals surface area (Å²) in [6.45, 7) is 2.14. The maximum atomic E-state index is 5.64. The average Bonchev–Trinajstić information content (AvgIpc) is 2.87. The van der Waals surface area contributed by atoms with Gasteiger partial charge in [0.2, 0.25) is 0 Å². The van der Waals surface area contributed by atoms with E-state index in [1.165, 1.54) is 31.2 Å². The van der Waals surface area contributed by atoms with Gasteiger partial charge in [-0.15, -0.1) is 0 Å². The van der Waals surface area contributed by atoms with E-state index in [1.807, 2.05) is 0 Å². The van der Waals surface area contributed by atoms with Gasteiger partial charge in [0.15, 0.2) is 0 Å². The van der Waals surface area contributed by atoms with E-state index in [4.69, 9.17) is 4.84 Å². The fourth-order valence-electron chi connectivity index (χ4n) is 1.79. The number of thiophene rings is 1. The van der Waals surface area contributed by atoms with E-state index in [0.29, 0.717) is 12.1 Å².